The Hall–Kier alpha value is -1.11. The SMILES string of the molecule is O=C1/C(=C/c2ccco2)SC(=S)N1CN1CCCCC1. The second kappa shape index (κ2) is 6.11. The van der Waals surface area contributed by atoms with E-state index in [1.54, 1.807) is 23.3 Å². The molecule has 0 aliphatic carbocycles. The molecule has 0 atom stereocenters. The fraction of sp³-hybridized carbons (Fsp3) is 0.429. The molecule has 3 rings (SSSR count). The number of carbonyl (C=O) groups is 1. The van der Waals surface area contributed by atoms with Gasteiger partial charge in [-0.3, -0.25) is 14.6 Å². The zero-order valence-corrected chi connectivity index (χ0v) is 12.7. The van der Waals surface area contributed by atoms with E-state index in [9.17, 15) is 4.79 Å². The Kier molecular flexibility index (Phi) is 4.24. The van der Waals surface area contributed by atoms with Gasteiger partial charge in [0, 0.05) is 6.08 Å². The summed E-state index contributed by atoms with van der Waals surface area (Å²) in [5, 5.41) is 0. The molecule has 1 amide bonds. The highest BCUT2D eigenvalue weighted by atomic mass is 32.2. The van der Waals surface area contributed by atoms with E-state index in [4.69, 9.17) is 16.6 Å². The third-order valence-electron chi connectivity index (χ3n) is 3.48. The lowest BCUT2D eigenvalue weighted by molar-refractivity contribution is -0.123. The van der Waals surface area contributed by atoms with E-state index in [1.807, 2.05) is 6.07 Å². The van der Waals surface area contributed by atoms with Crippen LogP contribution in [0.2, 0.25) is 0 Å². The highest BCUT2D eigenvalue weighted by Crippen LogP contribution is 2.32. The van der Waals surface area contributed by atoms with Crippen molar-refractivity contribution in [2.45, 2.75) is 19.3 Å². The molecule has 106 valence electrons. The van der Waals surface area contributed by atoms with Crippen molar-refractivity contribution in [3.63, 3.8) is 0 Å². The molecule has 2 aliphatic rings. The Morgan fingerprint density at radius 3 is 2.85 bits per heavy atom. The number of furan rings is 1. The molecule has 0 aromatic carbocycles. The summed E-state index contributed by atoms with van der Waals surface area (Å²) in [7, 11) is 0. The Morgan fingerprint density at radius 2 is 2.15 bits per heavy atom. The van der Waals surface area contributed by atoms with Crippen LogP contribution in [0.25, 0.3) is 6.08 Å². The lowest BCUT2D eigenvalue weighted by Crippen LogP contribution is -2.42. The van der Waals surface area contributed by atoms with Crippen LogP contribution >= 0.6 is 24.0 Å². The van der Waals surface area contributed by atoms with Gasteiger partial charge in [-0.05, 0) is 38.1 Å². The van der Waals surface area contributed by atoms with Gasteiger partial charge in [0.25, 0.3) is 5.91 Å². The minimum absolute atomic E-state index is 0.0121. The van der Waals surface area contributed by atoms with Crippen LogP contribution in [0.4, 0.5) is 0 Å². The molecule has 1 aromatic rings. The number of amides is 1. The summed E-state index contributed by atoms with van der Waals surface area (Å²) in [5.41, 5.74) is 0. The number of nitrogens with zero attached hydrogens (tertiary/aromatic N) is 2. The zero-order chi connectivity index (χ0) is 13.9. The average molecular weight is 308 g/mol. The molecule has 2 fully saturated rings. The highest BCUT2D eigenvalue weighted by molar-refractivity contribution is 8.26. The van der Waals surface area contributed by atoms with Gasteiger partial charge in [0.15, 0.2) is 0 Å². The lowest BCUT2D eigenvalue weighted by Gasteiger charge is -2.29. The largest absolute Gasteiger partial charge is 0.465 e. The number of hydrogen-bond acceptors (Lipinski definition) is 5. The third kappa shape index (κ3) is 2.97. The summed E-state index contributed by atoms with van der Waals surface area (Å²) < 4.78 is 5.89. The maximum absolute atomic E-state index is 12.4. The first-order chi connectivity index (χ1) is 9.74. The summed E-state index contributed by atoms with van der Waals surface area (Å²) in [4.78, 5) is 17.0. The first-order valence-corrected chi connectivity index (χ1v) is 7.98. The van der Waals surface area contributed by atoms with Crippen molar-refractivity contribution >= 4 is 40.3 Å². The molecular weight excluding hydrogens is 292 g/mol. The Bertz CT molecular complexity index is 533. The number of likely N-dealkylation sites (tertiary alicyclic amines) is 1. The van der Waals surface area contributed by atoms with E-state index in [0.717, 1.165) is 13.1 Å². The van der Waals surface area contributed by atoms with E-state index in [-0.39, 0.29) is 5.91 Å². The van der Waals surface area contributed by atoms with Gasteiger partial charge in [0.2, 0.25) is 0 Å². The van der Waals surface area contributed by atoms with Crippen molar-refractivity contribution in [1.82, 2.24) is 9.80 Å². The molecule has 4 nitrogen and oxygen atoms in total. The van der Waals surface area contributed by atoms with Gasteiger partial charge in [-0.1, -0.05) is 30.4 Å². The van der Waals surface area contributed by atoms with E-state index < -0.39 is 0 Å². The lowest BCUT2D eigenvalue weighted by atomic mass is 10.1. The summed E-state index contributed by atoms with van der Waals surface area (Å²) in [6, 6.07) is 3.64. The quantitative estimate of drug-likeness (QED) is 0.634. The summed E-state index contributed by atoms with van der Waals surface area (Å²) in [6.07, 6.45) is 7.05. The van der Waals surface area contributed by atoms with Crippen LogP contribution in [-0.4, -0.2) is 39.8 Å². The van der Waals surface area contributed by atoms with Crippen LogP contribution in [0.5, 0.6) is 0 Å². The fourth-order valence-corrected chi connectivity index (χ4v) is 3.65. The smallest absolute Gasteiger partial charge is 0.267 e. The van der Waals surface area contributed by atoms with Gasteiger partial charge in [-0.15, -0.1) is 0 Å². The summed E-state index contributed by atoms with van der Waals surface area (Å²) in [6.45, 7) is 2.71. The maximum atomic E-state index is 12.4. The number of thiocarbonyl (C=S) groups is 1. The minimum atomic E-state index is -0.0121. The second-order valence-corrected chi connectivity index (χ2v) is 6.62. The highest BCUT2D eigenvalue weighted by Gasteiger charge is 2.33. The van der Waals surface area contributed by atoms with Gasteiger partial charge < -0.3 is 4.42 Å². The topological polar surface area (TPSA) is 36.7 Å². The van der Waals surface area contributed by atoms with Gasteiger partial charge in [0.1, 0.15) is 10.1 Å². The predicted octanol–water partition coefficient (Wildman–Crippen LogP) is 2.92. The maximum Gasteiger partial charge on any atom is 0.267 e. The van der Waals surface area contributed by atoms with E-state index in [2.05, 4.69) is 4.90 Å². The molecule has 0 N–H and O–H groups in total. The van der Waals surface area contributed by atoms with Crippen LogP contribution in [0, 0.1) is 0 Å². The minimum Gasteiger partial charge on any atom is -0.465 e. The molecule has 0 unspecified atom stereocenters. The number of hydrogen-bond donors (Lipinski definition) is 0. The Balaban J connectivity index is 1.70. The standard InChI is InChI=1S/C14H16N2O2S2/c17-13-12(9-11-5-4-8-18-11)20-14(19)16(13)10-15-6-2-1-3-7-15/h4-5,8-9H,1-3,6-7,10H2/b12-9-. The van der Waals surface area contributed by atoms with Crippen LogP contribution in [0.15, 0.2) is 27.7 Å². The predicted molar refractivity (Wildman–Crippen MR) is 84.0 cm³/mol. The van der Waals surface area contributed by atoms with Crippen LogP contribution in [0.3, 0.4) is 0 Å². The molecule has 0 bridgehead atoms. The van der Waals surface area contributed by atoms with E-state index in [0.29, 0.717) is 21.7 Å². The normalized spacial score (nSPS) is 23.0. The molecular formula is C14H16N2O2S2. The average Bonchev–Trinajstić information content (AvgIpc) is 3.05. The van der Waals surface area contributed by atoms with Crippen LogP contribution in [-0.2, 0) is 4.79 Å². The van der Waals surface area contributed by atoms with Crippen molar-refractivity contribution < 1.29 is 9.21 Å². The van der Waals surface area contributed by atoms with E-state index in [1.165, 1.54) is 31.0 Å². The van der Waals surface area contributed by atoms with Gasteiger partial charge in [0.05, 0.1) is 17.8 Å². The second-order valence-electron chi connectivity index (χ2n) is 4.95. The number of thioether (sulfide) groups is 1. The van der Waals surface area contributed by atoms with Crippen molar-refractivity contribution in [3.8, 4) is 0 Å². The molecule has 0 radical (unpaired) electrons. The zero-order valence-electron chi connectivity index (χ0n) is 11.1. The van der Waals surface area contributed by atoms with Gasteiger partial charge in [-0.25, -0.2) is 0 Å². The summed E-state index contributed by atoms with van der Waals surface area (Å²) in [5.74, 6) is 0.672. The van der Waals surface area contributed by atoms with Gasteiger partial charge in [-0.2, -0.15) is 0 Å². The molecule has 2 aliphatic heterocycles. The molecule has 0 spiro atoms. The fourth-order valence-electron chi connectivity index (χ4n) is 2.43. The van der Waals surface area contributed by atoms with Crippen molar-refractivity contribution in [3.05, 3.63) is 29.1 Å². The molecule has 2 saturated heterocycles. The van der Waals surface area contributed by atoms with E-state index >= 15 is 0 Å². The number of carbonyl (C=O) groups excluding carboxylic acids is 1. The molecule has 0 saturated carbocycles. The van der Waals surface area contributed by atoms with Crippen molar-refractivity contribution in [2.24, 2.45) is 0 Å². The first-order valence-electron chi connectivity index (χ1n) is 6.75. The molecule has 6 heteroatoms. The third-order valence-corrected chi connectivity index (χ3v) is 4.86. The van der Waals surface area contributed by atoms with Crippen LogP contribution in [0.1, 0.15) is 25.0 Å². The molecule has 1 aromatic heterocycles. The summed E-state index contributed by atoms with van der Waals surface area (Å²) >= 11 is 6.68. The number of piperidine rings is 1. The van der Waals surface area contributed by atoms with Crippen LogP contribution < -0.4 is 0 Å². The van der Waals surface area contributed by atoms with Gasteiger partial charge >= 0.3 is 0 Å². The Labute approximate surface area is 127 Å². The molecule has 3 heterocycles. The van der Waals surface area contributed by atoms with Crippen molar-refractivity contribution in [2.75, 3.05) is 19.8 Å². The number of rotatable bonds is 3. The van der Waals surface area contributed by atoms with Crippen molar-refractivity contribution in [1.29, 1.82) is 0 Å². The molecule has 20 heavy (non-hydrogen) atoms. The monoisotopic (exact) mass is 308 g/mol. The Morgan fingerprint density at radius 1 is 1.35 bits per heavy atom. The first kappa shape index (κ1) is 13.9.